The lowest BCUT2D eigenvalue weighted by atomic mass is 9.66. The Morgan fingerprint density at radius 3 is 2.04 bits per heavy atom. The number of likely N-dealkylation sites (tertiary alicyclic amines) is 1. The van der Waals surface area contributed by atoms with Crippen molar-refractivity contribution in [2.24, 2.45) is 5.92 Å². The number of nitrogens with zero attached hydrogens (tertiary/aromatic N) is 1. The summed E-state index contributed by atoms with van der Waals surface area (Å²) in [4.78, 5) is 27.0. The molecule has 1 saturated heterocycles. The minimum atomic E-state index is -0.757. The molecule has 0 radical (unpaired) electrons. The lowest BCUT2D eigenvalue weighted by molar-refractivity contribution is -0.141. The van der Waals surface area contributed by atoms with E-state index in [1.807, 2.05) is 79.4 Å². The first kappa shape index (κ1) is 19.2. The van der Waals surface area contributed by atoms with Gasteiger partial charge >= 0.3 is 5.97 Å². The summed E-state index contributed by atoms with van der Waals surface area (Å²) >= 11 is 0. The largest absolute Gasteiger partial charge is 0.466 e. The number of carbonyl (C=O) groups is 2. The maximum absolute atomic E-state index is 13.8. The van der Waals surface area contributed by atoms with Crippen molar-refractivity contribution in [3.8, 4) is 0 Å². The van der Waals surface area contributed by atoms with Crippen LogP contribution in [0.4, 0.5) is 0 Å². The highest BCUT2D eigenvalue weighted by Gasteiger charge is 2.56. The number of hydrogen-bond acceptors (Lipinski definition) is 3. The Balaban J connectivity index is 2.13. The zero-order chi connectivity index (χ0) is 19.4. The Hall–Kier alpha value is -2.62. The molecular weight excluding hydrogens is 338 g/mol. The third-order valence-corrected chi connectivity index (χ3v) is 5.48. The minimum Gasteiger partial charge on any atom is -0.466 e. The van der Waals surface area contributed by atoms with Gasteiger partial charge in [0.2, 0.25) is 5.91 Å². The fourth-order valence-corrected chi connectivity index (χ4v) is 4.24. The van der Waals surface area contributed by atoms with Gasteiger partial charge in [-0.1, -0.05) is 60.7 Å². The van der Waals surface area contributed by atoms with Gasteiger partial charge in [0.05, 0.1) is 6.61 Å². The van der Waals surface area contributed by atoms with Crippen molar-refractivity contribution in [2.45, 2.75) is 38.6 Å². The molecule has 2 aromatic rings. The van der Waals surface area contributed by atoms with Crippen LogP contribution in [0.1, 0.15) is 38.3 Å². The van der Waals surface area contributed by atoms with Crippen molar-refractivity contribution in [1.82, 2.24) is 4.90 Å². The topological polar surface area (TPSA) is 46.6 Å². The number of hydrogen-bond donors (Lipinski definition) is 0. The molecular formula is C23H27NO3. The number of benzene rings is 2. The Morgan fingerprint density at radius 2 is 1.59 bits per heavy atom. The first-order chi connectivity index (χ1) is 13.0. The standard InChI is InChI=1S/C23H27NO3/c1-17(2)24-16-21(14-15-27-18(3)25)23(22(24)26,19-10-6-4-7-11-19)20-12-8-5-9-13-20/h4-13,17,21H,14-16H2,1-3H3. The summed E-state index contributed by atoms with van der Waals surface area (Å²) in [7, 11) is 0. The molecule has 0 aromatic heterocycles. The van der Waals surface area contributed by atoms with Crippen molar-refractivity contribution < 1.29 is 14.3 Å². The molecule has 1 heterocycles. The van der Waals surface area contributed by atoms with Crippen LogP contribution in [0.15, 0.2) is 60.7 Å². The molecule has 4 nitrogen and oxygen atoms in total. The fourth-order valence-electron chi connectivity index (χ4n) is 4.24. The summed E-state index contributed by atoms with van der Waals surface area (Å²) < 4.78 is 5.23. The van der Waals surface area contributed by atoms with Crippen LogP contribution in [-0.2, 0) is 19.7 Å². The van der Waals surface area contributed by atoms with E-state index in [0.29, 0.717) is 19.6 Å². The Labute approximate surface area is 161 Å². The molecule has 0 spiro atoms. The molecule has 0 saturated carbocycles. The van der Waals surface area contributed by atoms with E-state index in [4.69, 9.17) is 4.74 Å². The zero-order valence-electron chi connectivity index (χ0n) is 16.2. The SMILES string of the molecule is CC(=O)OCCC1CN(C(C)C)C(=O)C1(c1ccccc1)c1ccccc1. The predicted octanol–water partition coefficient (Wildman–Crippen LogP) is 3.79. The predicted molar refractivity (Wildman–Crippen MR) is 105 cm³/mol. The monoisotopic (exact) mass is 365 g/mol. The van der Waals surface area contributed by atoms with Gasteiger partial charge in [0.25, 0.3) is 0 Å². The van der Waals surface area contributed by atoms with Crippen LogP contribution >= 0.6 is 0 Å². The maximum Gasteiger partial charge on any atom is 0.302 e. The second-order valence-corrected chi connectivity index (χ2v) is 7.42. The molecule has 1 aliphatic heterocycles. The van der Waals surface area contributed by atoms with Crippen molar-refractivity contribution in [1.29, 1.82) is 0 Å². The van der Waals surface area contributed by atoms with Crippen LogP contribution in [0.5, 0.6) is 0 Å². The van der Waals surface area contributed by atoms with Gasteiger partial charge < -0.3 is 9.64 Å². The zero-order valence-corrected chi connectivity index (χ0v) is 16.2. The van der Waals surface area contributed by atoms with E-state index in [0.717, 1.165) is 11.1 Å². The van der Waals surface area contributed by atoms with Crippen LogP contribution in [0.3, 0.4) is 0 Å². The number of amides is 1. The quantitative estimate of drug-likeness (QED) is 0.732. The summed E-state index contributed by atoms with van der Waals surface area (Å²) in [6, 6.07) is 20.1. The van der Waals surface area contributed by atoms with E-state index >= 15 is 0 Å². The summed E-state index contributed by atoms with van der Waals surface area (Å²) in [6.07, 6.45) is 0.637. The molecule has 1 fully saturated rings. The van der Waals surface area contributed by atoms with E-state index in [9.17, 15) is 9.59 Å². The number of carbonyl (C=O) groups excluding carboxylic acids is 2. The van der Waals surface area contributed by atoms with Crippen LogP contribution < -0.4 is 0 Å². The van der Waals surface area contributed by atoms with E-state index in [1.165, 1.54) is 6.92 Å². The second kappa shape index (κ2) is 7.95. The average molecular weight is 365 g/mol. The molecule has 4 heteroatoms. The van der Waals surface area contributed by atoms with Crippen LogP contribution in [0.25, 0.3) is 0 Å². The van der Waals surface area contributed by atoms with E-state index in [-0.39, 0.29) is 23.8 Å². The maximum atomic E-state index is 13.8. The number of rotatable bonds is 6. The van der Waals surface area contributed by atoms with Crippen molar-refractivity contribution in [3.05, 3.63) is 71.8 Å². The van der Waals surface area contributed by atoms with Crippen LogP contribution in [0, 0.1) is 5.92 Å². The molecule has 1 amide bonds. The molecule has 3 rings (SSSR count). The highest BCUT2D eigenvalue weighted by atomic mass is 16.5. The van der Waals surface area contributed by atoms with Crippen molar-refractivity contribution in [3.63, 3.8) is 0 Å². The third-order valence-electron chi connectivity index (χ3n) is 5.48. The van der Waals surface area contributed by atoms with Gasteiger partial charge in [-0.05, 0) is 31.4 Å². The lowest BCUT2D eigenvalue weighted by Gasteiger charge is -2.34. The Kier molecular flexibility index (Phi) is 5.64. The minimum absolute atomic E-state index is 0.0246. The number of ether oxygens (including phenoxy) is 1. The second-order valence-electron chi connectivity index (χ2n) is 7.42. The fraction of sp³-hybridized carbons (Fsp3) is 0.391. The van der Waals surface area contributed by atoms with Gasteiger partial charge in [0, 0.05) is 25.4 Å². The van der Waals surface area contributed by atoms with Gasteiger partial charge in [0.1, 0.15) is 5.41 Å². The highest BCUT2D eigenvalue weighted by Crippen LogP contribution is 2.47. The highest BCUT2D eigenvalue weighted by molar-refractivity contribution is 5.95. The summed E-state index contributed by atoms with van der Waals surface area (Å²) in [5, 5.41) is 0. The summed E-state index contributed by atoms with van der Waals surface area (Å²) in [6.45, 7) is 6.49. The first-order valence-corrected chi connectivity index (χ1v) is 9.53. The summed E-state index contributed by atoms with van der Waals surface area (Å²) in [5.74, 6) is -0.135. The molecule has 1 unspecified atom stereocenters. The Bertz CT molecular complexity index is 746. The van der Waals surface area contributed by atoms with E-state index in [2.05, 4.69) is 0 Å². The average Bonchev–Trinajstić information content (AvgIpc) is 2.96. The van der Waals surface area contributed by atoms with Crippen molar-refractivity contribution in [2.75, 3.05) is 13.2 Å². The van der Waals surface area contributed by atoms with Gasteiger partial charge in [-0.15, -0.1) is 0 Å². The molecule has 1 aliphatic rings. The van der Waals surface area contributed by atoms with Gasteiger partial charge in [-0.3, -0.25) is 9.59 Å². The normalized spacial score (nSPS) is 18.7. The summed E-state index contributed by atoms with van der Waals surface area (Å²) in [5.41, 5.74) is 1.24. The van der Waals surface area contributed by atoms with E-state index < -0.39 is 5.41 Å². The number of esters is 1. The van der Waals surface area contributed by atoms with Gasteiger partial charge in [-0.25, -0.2) is 0 Å². The first-order valence-electron chi connectivity index (χ1n) is 9.53. The van der Waals surface area contributed by atoms with Crippen LogP contribution in [-0.4, -0.2) is 36.0 Å². The van der Waals surface area contributed by atoms with E-state index in [1.54, 1.807) is 0 Å². The molecule has 0 N–H and O–H groups in total. The lowest BCUT2D eigenvalue weighted by Crippen LogP contribution is -2.43. The third kappa shape index (κ3) is 3.48. The van der Waals surface area contributed by atoms with Gasteiger partial charge in [-0.2, -0.15) is 0 Å². The van der Waals surface area contributed by atoms with Gasteiger partial charge in [0.15, 0.2) is 0 Å². The molecule has 2 aromatic carbocycles. The van der Waals surface area contributed by atoms with Crippen molar-refractivity contribution >= 4 is 11.9 Å². The molecule has 0 aliphatic carbocycles. The molecule has 27 heavy (non-hydrogen) atoms. The Morgan fingerprint density at radius 1 is 1.07 bits per heavy atom. The molecule has 1 atom stereocenters. The molecule has 0 bridgehead atoms. The smallest absolute Gasteiger partial charge is 0.302 e. The van der Waals surface area contributed by atoms with Crippen LogP contribution in [0.2, 0.25) is 0 Å². The molecule has 142 valence electrons.